The second-order valence-electron chi connectivity index (χ2n) is 6.86. The molecule has 2 N–H and O–H groups in total. The maximum absolute atomic E-state index is 5.94. The fourth-order valence-electron chi connectivity index (χ4n) is 3.25. The van der Waals surface area contributed by atoms with Crippen LogP contribution in [-0.4, -0.2) is 24.5 Å². The van der Waals surface area contributed by atoms with Crippen LogP contribution in [0.2, 0.25) is 0 Å². The highest BCUT2D eigenvalue weighted by molar-refractivity contribution is 7.80. The average molecular weight is 398 g/mol. The van der Waals surface area contributed by atoms with Crippen LogP contribution in [0, 0.1) is 0 Å². The van der Waals surface area contributed by atoms with Gasteiger partial charge >= 0.3 is 0 Å². The fraction of sp³-hybridized carbons (Fsp3) is 0.364. The van der Waals surface area contributed by atoms with Crippen molar-refractivity contribution >= 4 is 23.5 Å². The monoisotopic (exact) mass is 397 g/mol. The number of nitrogens with one attached hydrogen (secondary N) is 2. The Kier molecular flexibility index (Phi) is 7.67. The summed E-state index contributed by atoms with van der Waals surface area (Å²) in [4.78, 5) is 0. The van der Waals surface area contributed by atoms with Gasteiger partial charge in [0.25, 0.3) is 0 Å². The predicted octanol–water partition coefficient (Wildman–Crippen LogP) is 4.40. The van der Waals surface area contributed by atoms with E-state index in [9.17, 15) is 0 Å². The Morgan fingerprint density at radius 2 is 1.89 bits per heavy atom. The third-order valence-electron chi connectivity index (χ3n) is 4.74. The SMILES string of the molecule is COc1ccc(/C=N/NC(=S)NC2CCCCC2)cc1OCc1ccccc1. The van der Waals surface area contributed by atoms with Crippen molar-refractivity contribution in [1.29, 1.82) is 0 Å². The molecule has 0 radical (unpaired) electrons. The van der Waals surface area contributed by atoms with Gasteiger partial charge in [-0.25, -0.2) is 0 Å². The Morgan fingerprint density at radius 1 is 1.11 bits per heavy atom. The molecule has 2 aromatic rings. The first kappa shape index (κ1) is 20.1. The summed E-state index contributed by atoms with van der Waals surface area (Å²) in [5, 5.41) is 8.15. The lowest BCUT2D eigenvalue weighted by Crippen LogP contribution is -2.40. The van der Waals surface area contributed by atoms with E-state index in [0.717, 1.165) is 11.1 Å². The van der Waals surface area contributed by atoms with Crippen molar-refractivity contribution in [3.63, 3.8) is 0 Å². The molecule has 28 heavy (non-hydrogen) atoms. The molecule has 3 rings (SSSR count). The second-order valence-corrected chi connectivity index (χ2v) is 7.27. The molecule has 2 aromatic carbocycles. The van der Waals surface area contributed by atoms with Crippen molar-refractivity contribution in [2.45, 2.75) is 44.8 Å². The largest absolute Gasteiger partial charge is 0.493 e. The second kappa shape index (κ2) is 10.7. The molecule has 0 amide bonds. The predicted molar refractivity (Wildman–Crippen MR) is 117 cm³/mol. The zero-order valence-corrected chi connectivity index (χ0v) is 17.0. The molecule has 0 unspecified atom stereocenters. The standard InChI is InChI=1S/C22H27N3O2S/c1-26-20-13-12-18(14-21(20)27-16-17-8-4-2-5-9-17)15-23-25-22(28)24-19-10-6-3-7-11-19/h2,4-5,8-9,12-15,19H,3,6-7,10-11,16H2,1H3,(H2,24,25,28)/b23-15+. The smallest absolute Gasteiger partial charge is 0.187 e. The van der Waals surface area contributed by atoms with Crippen LogP contribution in [-0.2, 0) is 6.61 Å². The van der Waals surface area contributed by atoms with Gasteiger partial charge in [0.15, 0.2) is 16.6 Å². The summed E-state index contributed by atoms with van der Waals surface area (Å²) >= 11 is 5.33. The Balaban J connectivity index is 1.55. The van der Waals surface area contributed by atoms with E-state index in [1.807, 2.05) is 48.5 Å². The first-order valence-corrected chi connectivity index (χ1v) is 10.1. The summed E-state index contributed by atoms with van der Waals surface area (Å²) in [5.74, 6) is 1.37. The number of hydrogen-bond donors (Lipinski definition) is 2. The van der Waals surface area contributed by atoms with Crippen LogP contribution in [0.15, 0.2) is 53.6 Å². The lowest BCUT2D eigenvalue weighted by Gasteiger charge is -2.23. The highest BCUT2D eigenvalue weighted by atomic mass is 32.1. The van der Waals surface area contributed by atoms with E-state index in [4.69, 9.17) is 21.7 Å². The van der Waals surface area contributed by atoms with Crippen LogP contribution in [0.3, 0.4) is 0 Å². The van der Waals surface area contributed by atoms with Crippen molar-refractivity contribution in [3.05, 3.63) is 59.7 Å². The molecule has 1 saturated carbocycles. The van der Waals surface area contributed by atoms with Gasteiger partial charge in [0.2, 0.25) is 0 Å². The molecule has 148 valence electrons. The van der Waals surface area contributed by atoms with Gasteiger partial charge in [0.05, 0.1) is 13.3 Å². The van der Waals surface area contributed by atoms with E-state index in [2.05, 4.69) is 15.8 Å². The Hall–Kier alpha value is -2.60. The molecule has 1 aliphatic carbocycles. The van der Waals surface area contributed by atoms with Gasteiger partial charge in [-0.3, -0.25) is 5.43 Å². The molecule has 0 atom stereocenters. The van der Waals surface area contributed by atoms with E-state index in [1.54, 1.807) is 13.3 Å². The molecule has 0 heterocycles. The molecule has 0 aromatic heterocycles. The van der Waals surface area contributed by atoms with E-state index in [-0.39, 0.29) is 0 Å². The molecule has 1 aliphatic rings. The number of hydrazone groups is 1. The molecule has 6 heteroatoms. The first-order chi connectivity index (χ1) is 13.7. The quantitative estimate of drug-likeness (QED) is 0.412. The number of rotatable bonds is 7. The van der Waals surface area contributed by atoms with Crippen molar-refractivity contribution < 1.29 is 9.47 Å². The highest BCUT2D eigenvalue weighted by Gasteiger charge is 2.13. The minimum Gasteiger partial charge on any atom is -0.493 e. The van der Waals surface area contributed by atoms with Gasteiger partial charge in [0.1, 0.15) is 6.61 Å². The third kappa shape index (κ3) is 6.23. The van der Waals surface area contributed by atoms with Crippen LogP contribution in [0.5, 0.6) is 11.5 Å². The zero-order chi connectivity index (χ0) is 19.6. The van der Waals surface area contributed by atoms with Gasteiger partial charge in [0, 0.05) is 6.04 Å². The summed E-state index contributed by atoms with van der Waals surface area (Å²) in [6.07, 6.45) is 7.92. The number of hydrogen-bond acceptors (Lipinski definition) is 4. The Bertz CT molecular complexity index is 790. The van der Waals surface area contributed by atoms with Crippen LogP contribution in [0.4, 0.5) is 0 Å². The van der Waals surface area contributed by atoms with Crippen molar-refractivity contribution in [3.8, 4) is 11.5 Å². The Morgan fingerprint density at radius 3 is 2.64 bits per heavy atom. The van der Waals surface area contributed by atoms with Crippen molar-refractivity contribution in [2.24, 2.45) is 5.10 Å². The maximum atomic E-state index is 5.94. The topological polar surface area (TPSA) is 54.9 Å². The molecule has 1 fully saturated rings. The number of ether oxygens (including phenoxy) is 2. The number of benzene rings is 2. The number of thiocarbonyl (C=S) groups is 1. The maximum Gasteiger partial charge on any atom is 0.187 e. The number of nitrogens with zero attached hydrogens (tertiary/aromatic N) is 1. The molecule has 0 spiro atoms. The van der Waals surface area contributed by atoms with E-state index in [1.165, 1.54) is 32.1 Å². The summed E-state index contributed by atoms with van der Waals surface area (Å²) in [5.41, 5.74) is 4.90. The molecule has 5 nitrogen and oxygen atoms in total. The van der Waals surface area contributed by atoms with Crippen LogP contribution in [0.25, 0.3) is 0 Å². The molecular formula is C22H27N3O2S. The normalized spacial score (nSPS) is 14.6. The van der Waals surface area contributed by atoms with Crippen LogP contribution in [0.1, 0.15) is 43.2 Å². The van der Waals surface area contributed by atoms with Gasteiger partial charge < -0.3 is 14.8 Å². The summed E-state index contributed by atoms with van der Waals surface area (Å²) < 4.78 is 11.3. The fourth-order valence-corrected chi connectivity index (χ4v) is 3.47. The lowest BCUT2D eigenvalue weighted by atomic mass is 9.96. The van der Waals surface area contributed by atoms with E-state index >= 15 is 0 Å². The zero-order valence-electron chi connectivity index (χ0n) is 16.2. The van der Waals surface area contributed by atoms with Gasteiger partial charge in [-0.1, -0.05) is 49.6 Å². The summed E-state index contributed by atoms with van der Waals surface area (Å²) in [6.45, 7) is 0.478. The number of methoxy groups -OCH3 is 1. The van der Waals surface area contributed by atoms with Gasteiger partial charge in [-0.05, 0) is 54.4 Å². The van der Waals surface area contributed by atoms with Gasteiger partial charge in [-0.2, -0.15) is 5.10 Å². The van der Waals surface area contributed by atoms with E-state index in [0.29, 0.717) is 29.3 Å². The lowest BCUT2D eigenvalue weighted by molar-refractivity contribution is 0.284. The van der Waals surface area contributed by atoms with Gasteiger partial charge in [-0.15, -0.1) is 0 Å². The van der Waals surface area contributed by atoms with E-state index < -0.39 is 0 Å². The average Bonchev–Trinajstić information content (AvgIpc) is 2.74. The summed E-state index contributed by atoms with van der Waals surface area (Å²) in [7, 11) is 1.63. The van der Waals surface area contributed by atoms with Crippen LogP contribution >= 0.6 is 12.2 Å². The Labute approximate surface area is 172 Å². The summed E-state index contributed by atoms with van der Waals surface area (Å²) in [6, 6.07) is 16.2. The first-order valence-electron chi connectivity index (χ1n) is 9.69. The highest BCUT2D eigenvalue weighted by Crippen LogP contribution is 2.28. The third-order valence-corrected chi connectivity index (χ3v) is 4.95. The minimum atomic E-state index is 0.461. The molecule has 0 saturated heterocycles. The minimum absolute atomic E-state index is 0.461. The molecular weight excluding hydrogens is 370 g/mol. The van der Waals surface area contributed by atoms with Crippen molar-refractivity contribution in [1.82, 2.24) is 10.7 Å². The molecule has 0 bridgehead atoms. The molecule has 0 aliphatic heterocycles. The van der Waals surface area contributed by atoms with Crippen LogP contribution < -0.4 is 20.2 Å². The van der Waals surface area contributed by atoms with Crippen molar-refractivity contribution in [2.75, 3.05) is 7.11 Å².